The normalized spacial score (nSPS) is 21.3. The van der Waals surface area contributed by atoms with E-state index >= 15 is 0 Å². The quantitative estimate of drug-likeness (QED) is 0.172. The van der Waals surface area contributed by atoms with Crippen LogP contribution in [-0.2, 0) is 5.41 Å². The van der Waals surface area contributed by atoms with Crippen molar-refractivity contribution >= 4 is 0 Å². The Morgan fingerprint density at radius 1 is 0.580 bits per heavy atom. The Hall–Kier alpha value is -5.40. The van der Waals surface area contributed by atoms with Crippen molar-refractivity contribution in [2.45, 2.75) is 57.8 Å². The molecule has 0 saturated heterocycles. The van der Waals surface area contributed by atoms with Crippen LogP contribution in [0.5, 0.6) is 0 Å². The molecule has 5 aromatic carbocycles. The number of benzene rings is 5. The van der Waals surface area contributed by atoms with Crippen LogP contribution in [-0.4, -0.2) is 15.0 Å². The van der Waals surface area contributed by atoms with Crippen LogP contribution in [0.2, 0.25) is 0 Å². The third-order valence-corrected chi connectivity index (χ3v) is 11.1. The third kappa shape index (κ3) is 6.37. The Bertz CT molecular complexity index is 2160. The van der Waals surface area contributed by atoms with Gasteiger partial charge in [-0.05, 0) is 101 Å². The summed E-state index contributed by atoms with van der Waals surface area (Å²) in [5, 5.41) is 10.2. The zero-order valence-corrected chi connectivity index (χ0v) is 28.9. The summed E-state index contributed by atoms with van der Waals surface area (Å²) in [7, 11) is 0. The van der Waals surface area contributed by atoms with Crippen molar-refractivity contribution in [2.24, 2.45) is 17.8 Å². The lowest BCUT2D eigenvalue weighted by Crippen LogP contribution is -2.42. The highest BCUT2D eigenvalue weighted by Gasteiger charge is 2.46. The maximum atomic E-state index is 10.2. The lowest BCUT2D eigenvalue weighted by Gasteiger charge is -2.51. The number of hydrogen-bond donors (Lipinski definition) is 0. The smallest absolute Gasteiger partial charge is 0.164 e. The molecule has 0 radical (unpaired) electrons. The van der Waals surface area contributed by atoms with Gasteiger partial charge in [0.1, 0.15) is 0 Å². The first-order chi connectivity index (χ1) is 24.5. The standard InChI is InChI=1S/C46H42N4/c1-3-32-22-33-21-31(2)27-46(28-32,29-33)42-24-34(30-47)23-41(26-42)39-15-10-16-40(25-39)45-49-43(37-13-8-5-9-14-37)48-44(50-45)38-19-17-36(18-20-38)35-11-6-4-7-12-35/h4-20,23-26,31-33H,3,21-22,27-29H2,1-2H3/t31-,32+,33-,46?/m1/s1. The SMILES string of the molecule is CC[C@H]1C[C@H]2C[C@@H](C)CC(c3cc(C#N)cc(-c4cccc(-c5nc(-c6ccccc6)nc(-c6ccc(-c7ccccc7)cc6)n5)c4)c3)(C2)C1. The molecule has 4 heteroatoms. The van der Waals surface area contributed by atoms with Crippen molar-refractivity contribution in [3.63, 3.8) is 0 Å². The van der Waals surface area contributed by atoms with Crippen molar-refractivity contribution < 1.29 is 0 Å². The molecule has 1 unspecified atom stereocenters. The summed E-state index contributed by atoms with van der Waals surface area (Å²) in [5.41, 5.74) is 9.49. The highest BCUT2D eigenvalue weighted by Crippen LogP contribution is 2.55. The van der Waals surface area contributed by atoms with E-state index in [4.69, 9.17) is 15.0 Å². The van der Waals surface area contributed by atoms with Gasteiger partial charge in [-0.15, -0.1) is 0 Å². The van der Waals surface area contributed by atoms with Crippen LogP contribution < -0.4 is 0 Å². The number of nitrogens with zero attached hydrogens (tertiary/aromatic N) is 4. The van der Waals surface area contributed by atoms with E-state index in [0.717, 1.165) is 50.8 Å². The lowest BCUT2D eigenvalue weighted by atomic mass is 9.54. The van der Waals surface area contributed by atoms with Gasteiger partial charge in [-0.3, -0.25) is 0 Å². The monoisotopic (exact) mass is 650 g/mol. The van der Waals surface area contributed by atoms with Gasteiger partial charge < -0.3 is 0 Å². The minimum absolute atomic E-state index is 0.143. The predicted octanol–water partition coefficient (Wildman–Crippen LogP) is 11.6. The van der Waals surface area contributed by atoms with E-state index < -0.39 is 0 Å². The molecule has 2 aliphatic carbocycles. The molecular formula is C46H42N4. The number of aromatic nitrogens is 3. The van der Waals surface area contributed by atoms with Crippen LogP contribution >= 0.6 is 0 Å². The molecule has 6 aromatic rings. The van der Waals surface area contributed by atoms with Gasteiger partial charge in [0.2, 0.25) is 0 Å². The zero-order valence-electron chi connectivity index (χ0n) is 28.9. The number of nitriles is 1. The average molecular weight is 651 g/mol. The maximum absolute atomic E-state index is 10.2. The van der Waals surface area contributed by atoms with Gasteiger partial charge in [0.15, 0.2) is 17.5 Å². The van der Waals surface area contributed by atoms with Crippen molar-refractivity contribution in [1.29, 1.82) is 5.26 Å². The molecule has 2 saturated carbocycles. The van der Waals surface area contributed by atoms with Crippen LogP contribution in [0.15, 0.2) is 127 Å². The van der Waals surface area contributed by atoms with Crippen molar-refractivity contribution in [1.82, 2.24) is 15.0 Å². The molecule has 1 heterocycles. The molecule has 50 heavy (non-hydrogen) atoms. The molecule has 2 aliphatic rings. The molecule has 0 spiro atoms. The summed E-state index contributed by atoms with van der Waals surface area (Å²) < 4.78 is 0. The van der Waals surface area contributed by atoms with Gasteiger partial charge in [-0.1, -0.05) is 129 Å². The first kappa shape index (κ1) is 31.8. The van der Waals surface area contributed by atoms with Crippen LogP contribution in [0.1, 0.15) is 63.5 Å². The van der Waals surface area contributed by atoms with Gasteiger partial charge in [0, 0.05) is 16.7 Å². The van der Waals surface area contributed by atoms with Gasteiger partial charge in [-0.2, -0.15) is 5.26 Å². The molecule has 0 aliphatic heterocycles. The van der Waals surface area contributed by atoms with E-state index in [1.165, 1.54) is 49.7 Å². The molecule has 8 rings (SSSR count). The van der Waals surface area contributed by atoms with E-state index in [-0.39, 0.29) is 5.41 Å². The van der Waals surface area contributed by atoms with E-state index in [1.54, 1.807) is 0 Å². The molecule has 4 atom stereocenters. The van der Waals surface area contributed by atoms with Crippen LogP contribution in [0, 0.1) is 29.1 Å². The molecule has 0 N–H and O–H groups in total. The maximum Gasteiger partial charge on any atom is 0.164 e. The summed E-state index contributed by atoms with van der Waals surface area (Å²) in [6, 6.07) is 46.5. The molecule has 4 nitrogen and oxygen atoms in total. The second-order valence-electron chi connectivity index (χ2n) is 14.7. The highest BCUT2D eigenvalue weighted by molar-refractivity contribution is 5.74. The summed E-state index contributed by atoms with van der Waals surface area (Å²) in [6.07, 6.45) is 7.59. The van der Waals surface area contributed by atoms with Crippen LogP contribution in [0.3, 0.4) is 0 Å². The molecule has 246 valence electrons. The second kappa shape index (κ2) is 13.5. The number of hydrogen-bond acceptors (Lipinski definition) is 4. The topological polar surface area (TPSA) is 62.5 Å². The summed E-state index contributed by atoms with van der Waals surface area (Å²) in [5.74, 6) is 4.14. The largest absolute Gasteiger partial charge is 0.208 e. The van der Waals surface area contributed by atoms with Gasteiger partial charge in [-0.25, -0.2) is 15.0 Å². The Kier molecular flexibility index (Phi) is 8.59. The Balaban J connectivity index is 1.20. The number of fused-ring (bicyclic) bond motifs is 2. The van der Waals surface area contributed by atoms with E-state index in [9.17, 15) is 5.26 Å². The summed E-state index contributed by atoms with van der Waals surface area (Å²) in [4.78, 5) is 15.0. The van der Waals surface area contributed by atoms with Crippen LogP contribution in [0.4, 0.5) is 0 Å². The fraction of sp³-hybridized carbons (Fsp3) is 0.261. The molecule has 1 aromatic heterocycles. The molecular weight excluding hydrogens is 609 g/mol. The van der Waals surface area contributed by atoms with E-state index in [0.29, 0.717) is 23.4 Å². The van der Waals surface area contributed by atoms with Gasteiger partial charge >= 0.3 is 0 Å². The van der Waals surface area contributed by atoms with E-state index in [2.05, 4.69) is 105 Å². The average Bonchev–Trinajstić information content (AvgIpc) is 3.18. The first-order valence-corrected chi connectivity index (χ1v) is 18.1. The predicted molar refractivity (Wildman–Crippen MR) is 203 cm³/mol. The minimum atomic E-state index is 0.143. The zero-order chi connectivity index (χ0) is 34.1. The summed E-state index contributed by atoms with van der Waals surface area (Å²) in [6.45, 7) is 4.77. The van der Waals surface area contributed by atoms with Gasteiger partial charge in [0.05, 0.1) is 11.6 Å². The van der Waals surface area contributed by atoms with Gasteiger partial charge in [0.25, 0.3) is 0 Å². The molecule has 2 fully saturated rings. The minimum Gasteiger partial charge on any atom is -0.208 e. The van der Waals surface area contributed by atoms with Crippen molar-refractivity contribution in [3.8, 4) is 62.5 Å². The molecule has 2 bridgehead atoms. The van der Waals surface area contributed by atoms with Crippen LogP contribution in [0.25, 0.3) is 56.4 Å². The molecule has 0 amide bonds. The number of rotatable bonds is 7. The van der Waals surface area contributed by atoms with Crippen molar-refractivity contribution in [3.05, 3.63) is 139 Å². The third-order valence-electron chi connectivity index (χ3n) is 11.1. The highest BCUT2D eigenvalue weighted by atomic mass is 15.0. The van der Waals surface area contributed by atoms with E-state index in [1.807, 2.05) is 42.5 Å². The lowest BCUT2D eigenvalue weighted by molar-refractivity contribution is 0.0702. The Labute approximate surface area is 296 Å². The fourth-order valence-electron chi connectivity index (χ4n) is 8.95. The first-order valence-electron chi connectivity index (χ1n) is 18.1. The second-order valence-corrected chi connectivity index (χ2v) is 14.7. The Morgan fingerprint density at radius 2 is 1.16 bits per heavy atom. The Morgan fingerprint density at radius 3 is 1.84 bits per heavy atom. The van der Waals surface area contributed by atoms with Crippen molar-refractivity contribution in [2.75, 3.05) is 0 Å². The summed E-state index contributed by atoms with van der Waals surface area (Å²) >= 11 is 0. The fourth-order valence-corrected chi connectivity index (χ4v) is 8.95.